The Labute approximate surface area is 190 Å². The summed E-state index contributed by atoms with van der Waals surface area (Å²) < 4.78 is 0. The number of H-pyrrole nitrogens is 1. The Hall–Kier alpha value is -2.64. The lowest BCUT2D eigenvalue weighted by Crippen LogP contribution is -2.43. The lowest BCUT2D eigenvalue weighted by Gasteiger charge is -2.28. The highest BCUT2D eigenvalue weighted by atomic mass is 16.2. The summed E-state index contributed by atoms with van der Waals surface area (Å²) in [6, 6.07) is 1.98. The zero-order chi connectivity index (χ0) is 22.1. The number of hydrogen-bond donors (Lipinski definition) is 2. The van der Waals surface area contributed by atoms with Crippen LogP contribution in [0.25, 0.3) is 0 Å². The first-order valence-corrected chi connectivity index (χ1v) is 12.3. The fraction of sp³-hybridized carbons (Fsp3) is 0.667. The largest absolute Gasteiger partial charge is 0.347 e. The van der Waals surface area contributed by atoms with Crippen LogP contribution in [0.1, 0.15) is 80.7 Å². The van der Waals surface area contributed by atoms with Gasteiger partial charge in [0.15, 0.2) is 5.82 Å². The van der Waals surface area contributed by atoms with Crippen molar-refractivity contribution in [1.29, 1.82) is 0 Å². The van der Waals surface area contributed by atoms with E-state index in [9.17, 15) is 4.79 Å². The first kappa shape index (κ1) is 21.2. The summed E-state index contributed by atoms with van der Waals surface area (Å²) >= 11 is 0. The second kappa shape index (κ2) is 9.08. The molecule has 172 valence electrons. The minimum absolute atomic E-state index is 0.128. The standard InChI is InChI=1S/C24H35N7O/c1-30(2)23(32)20-13-8-14-31(20)24-25-18-12-7-6-11-17(18)22(27-24)26-21-15-19(28-29-21)16-9-4-3-5-10-16/h15-16,20H,3-14H2,1-2H3,(H2,25,26,27,28,29)/t20-/m1/s1. The van der Waals surface area contributed by atoms with Crippen LogP contribution in [0.5, 0.6) is 0 Å². The number of hydrogen-bond acceptors (Lipinski definition) is 6. The molecule has 2 aliphatic carbocycles. The predicted octanol–water partition coefficient (Wildman–Crippen LogP) is 3.93. The molecule has 3 aliphatic rings. The number of nitrogens with zero attached hydrogens (tertiary/aromatic N) is 5. The highest BCUT2D eigenvalue weighted by molar-refractivity contribution is 5.85. The molecule has 3 heterocycles. The number of rotatable bonds is 5. The van der Waals surface area contributed by atoms with E-state index in [1.807, 2.05) is 14.1 Å². The zero-order valence-corrected chi connectivity index (χ0v) is 19.4. The molecule has 2 N–H and O–H groups in total. The molecule has 8 heteroatoms. The van der Waals surface area contributed by atoms with E-state index in [0.717, 1.165) is 62.4 Å². The maximum atomic E-state index is 12.7. The van der Waals surface area contributed by atoms with Crippen LogP contribution in [0, 0.1) is 0 Å². The summed E-state index contributed by atoms with van der Waals surface area (Å²) in [5, 5.41) is 11.3. The third kappa shape index (κ3) is 4.19. The molecule has 2 aromatic heterocycles. The van der Waals surface area contributed by atoms with E-state index in [1.165, 1.54) is 43.4 Å². The molecular formula is C24H35N7O. The fourth-order valence-corrected chi connectivity index (χ4v) is 5.52. The van der Waals surface area contributed by atoms with E-state index in [4.69, 9.17) is 9.97 Å². The van der Waals surface area contributed by atoms with Gasteiger partial charge in [-0.15, -0.1) is 0 Å². The Bertz CT molecular complexity index is 963. The van der Waals surface area contributed by atoms with Crippen molar-refractivity contribution in [2.75, 3.05) is 30.9 Å². The number of carbonyl (C=O) groups excluding carboxylic acids is 1. The number of aryl methyl sites for hydroxylation is 1. The van der Waals surface area contributed by atoms with Crippen molar-refractivity contribution in [3.05, 3.63) is 23.0 Å². The maximum absolute atomic E-state index is 12.7. The van der Waals surface area contributed by atoms with E-state index in [0.29, 0.717) is 11.9 Å². The average Bonchev–Trinajstić information content (AvgIpc) is 3.49. The second-order valence-electron chi connectivity index (χ2n) is 9.76. The molecule has 1 atom stereocenters. The first-order valence-electron chi connectivity index (χ1n) is 12.3. The highest BCUT2D eigenvalue weighted by Gasteiger charge is 2.34. The topological polar surface area (TPSA) is 90.0 Å². The van der Waals surface area contributed by atoms with Gasteiger partial charge in [-0.25, -0.2) is 4.98 Å². The van der Waals surface area contributed by atoms with Crippen molar-refractivity contribution >= 4 is 23.5 Å². The molecule has 0 unspecified atom stereocenters. The van der Waals surface area contributed by atoms with Gasteiger partial charge in [0, 0.05) is 43.9 Å². The smallest absolute Gasteiger partial charge is 0.244 e. The number of amides is 1. The molecule has 0 bridgehead atoms. The van der Waals surface area contributed by atoms with Crippen LogP contribution in [0.2, 0.25) is 0 Å². The highest BCUT2D eigenvalue weighted by Crippen LogP contribution is 2.35. The Morgan fingerprint density at radius 2 is 1.88 bits per heavy atom. The van der Waals surface area contributed by atoms with Crippen molar-refractivity contribution in [3.8, 4) is 0 Å². The van der Waals surface area contributed by atoms with E-state index in [-0.39, 0.29) is 11.9 Å². The molecule has 8 nitrogen and oxygen atoms in total. The second-order valence-corrected chi connectivity index (χ2v) is 9.76. The van der Waals surface area contributed by atoms with Crippen molar-refractivity contribution in [2.45, 2.75) is 82.6 Å². The van der Waals surface area contributed by atoms with Gasteiger partial charge in [0.05, 0.1) is 5.69 Å². The summed E-state index contributed by atoms with van der Waals surface area (Å²) in [4.78, 5) is 26.4. The monoisotopic (exact) mass is 437 g/mol. The van der Waals surface area contributed by atoms with Gasteiger partial charge in [-0.05, 0) is 51.4 Å². The molecule has 2 aromatic rings. The minimum Gasteiger partial charge on any atom is -0.347 e. The third-order valence-corrected chi connectivity index (χ3v) is 7.30. The van der Waals surface area contributed by atoms with Crippen molar-refractivity contribution < 1.29 is 4.79 Å². The lowest BCUT2D eigenvalue weighted by atomic mass is 9.87. The molecule has 0 radical (unpaired) electrons. The zero-order valence-electron chi connectivity index (χ0n) is 19.4. The third-order valence-electron chi connectivity index (χ3n) is 7.30. The predicted molar refractivity (Wildman–Crippen MR) is 125 cm³/mol. The molecule has 1 saturated heterocycles. The van der Waals surface area contributed by atoms with Gasteiger partial charge in [-0.3, -0.25) is 9.89 Å². The van der Waals surface area contributed by atoms with E-state index in [2.05, 4.69) is 26.5 Å². The van der Waals surface area contributed by atoms with Crippen molar-refractivity contribution in [3.63, 3.8) is 0 Å². The molecule has 1 aliphatic heterocycles. The average molecular weight is 438 g/mol. The normalized spacial score (nSPS) is 21.4. The van der Waals surface area contributed by atoms with Gasteiger partial charge in [-0.1, -0.05) is 19.3 Å². The number of likely N-dealkylation sites (N-methyl/N-ethyl adjacent to an activating group) is 1. The van der Waals surface area contributed by atoms with E-state index >= 15 is 0 Å². The Morgan fingerprint density at radius 1 is 1.06 bits per heavy atom. The SMILES string of the molecule is CN(C)C(=O)[C@H]1CCCN1c1nc2c(c(Nc3cc(C4CCCCC4)[nH]n3)n1)CCCC2. The molecule has 0 aromatic carbocycles. The number of carbonyl (C=O) groups is 1. The van der Waals surface area contributed by atoms with Gasteiger partial charge < -0.3 is 15.1 Å². The number of nitrogens with one attached hydrogen (secondary N) is 2. The number of anilines is 3. The Morgan fingerprint density at radius 3 is 2.69 bits per heavy atom. The summed E-state index contributed by atoms with van der Waals surface area (Å²) in [6.45, 7) is 0.816. The van der Waals surface area contributed by atoms with Crippen molar-refractivity contribution in [1.82, 2.24) is 25.1 Å². The summed E-state index contributed by atoms with van der Waals surface area (Å²) in [5.41, 5.74) is 3.55. The van der Waals surface area contributed by atoms with Gasteiger partial charge in [0.25, 0.3) is 0 Å². The van der Waals surface area contributed by atoms with Crippen LogP contribution in [-0.2, 0) is 17.6 Å². The molecule has 1 saturated carbocycles. The van der Waals surface area contributed by atoms with Crippen LogP contribution < -0.4 is 10.2 Å². The van der Waals surface area contributed by atoms with E-state index < -0.39 is 0 Å². The summed E-state index contributed by atoms with van der Waals surface area (Å²) in [6.07, 6.45) is 12.5. The summed E-state index contributed by atoms with van der Waals surface area (Å²) in [7, 11) is 3.64. The molecule has 2 fully saturated rings. The van der Waals surface area contributed by atoms with Crippen LogP contribution in [0.15, 0.2) is 6.07 Å². The van der Waals surface area contributed by atoms with Gasteiger partial charge in [0.2, 0.25) is 11.9 Å². The number of aromatic amines is 1. The molecular weight excluding hydrogens is 402 g/mol. The van der Waals surface area contributed by atoms with E-state index in [1.54, 1.807) is 4.90 Å². The molecule has 32 heavy (non-hydrogen) atoms. The van der Waals surface area contributed by atoms with Crippen molar-refractivity contribution in [2.24, 2.45) is 0 Å². The quantitative estimate of drug-likeness (QED) is 0.737. The minimum atomic E-state index is -0.178. The molecule has 5 rings (SSSR count). The molecule has 1 amide bonds. The van der Waals surface area contributed by atoms with Crippen LogP contribution in [0.4, 0.5) is 17.6 Å². The van der Waals surface area contributed by atoms with Gasteiger partial charge >= 0.3 is 0 Å². The van der Waals surface area contributed by atoms with Gasteiger partial charge in [0.1, 0.15) is 11.9 Å². The van der Waals surface area contributed by atoms with Crippen LogP contribution in [0.3, 0.4) is 0 Å². The first-order chi connectivity index (χ1) is 15.6. The summed E-state index contributed by atoms with van der Waals surface area (Å²) in [5.74, 6) is 3.07. The molecule has 0 spiro atoms. The lowest BCUT2D eigenvalue weighted by molar-refractivity contribution is -0.129. The Balaban J connectivity index is 1.43. The fourth-order valence-electron chi connectivity index (χ4n) is 5.52. The van der Waals surface area contributed by atoms with Crippen LogP contribution in [-0.4, -0.2) is 57.7 Å². The number of aromatic nitrogens is 4. The van der Waals surface area contributed by atoms with Gasteiger partial charge in [-0.2, -0.15) is 10.1 Å². The Kier molecular flexibility index (Phi) is 6.02. The number of fused-ring (bicyclic) bond motifs is 1. The van der Waals surface area contributed by atoms with Crippen LogP contribution >= 0.6 is 0 Å². The maximum Gasteiger partial charge on any atom is 0.244 e.